The van der Waals surface area contributed by atoms with Crippen molar-refractivity contribution in [1.29, 1.82) is 0 Å². The molecule has 0 bridgehead atoms. The van der Waals surface area contributed by atoms with Crippen LogP contribution in [0.4, 0.5) is 5.69 Å². The average molecular weight is 421 g/mol. The highest BCUT2D eigenvalue weighted by Crippen LogP contribution is 2.31. The van der Waals surface area contributed by atoms with E-state index < -0.39 is 10.0 Å². The van der Waals surface area contributed by atoms with Crippen molar-refractivity contribution in [2.24, 2.45) is 5.14 Å². The van der Waals surface area contributed by atoms with Gasteiger partial charge in [0.1, 0.15) is 6.54 Å². The van der Waals surface area contributed by atoms with E-state index in [1.165, 1.54) is 29.8 Å². The molecule has 1 amide bonds. The minimum atomic E-state index is -3.76. The molecule has 0 saturated heterocycles. The van der Waals surface area contributed by atoms with E-state index in [0.717, 1.165) is 23.4 Å². The highest BCUT2D eigenvalue weighted by atomic mass is 32.2. The summed E-state index contributed by atoms with van der Waals surface area (Å²) in [7, 11) is -0.533. The second-order valence-corrected chi connectivity index (χ2v) is 8.65. The minimum absolute atomic E-state index is 0.00573. The van der Waals surface area contributed by atoms with Gasteiger partial charge in [0.2, 0.25) is 10.0 Å². The first-order valence-electron chi connectivity index (χ1n) is 9.25. The Morgan fingerprint density at radius 1 is 1.10 bits per heavy atom. The summed E-state index contributed by atoms with van der Waals surface area (Å²) in [5.41, 5.74) is 2.87. The molecular weight excluding hydrogens is 394 g/mol. The highest BCUT2D eigenvalue weighted by Gasteiger charge is 2.30. The van der Waals surface area contributed by atoms with E-state index in [-0.39, 0.29) is 16.8 Å². The lowest BCUT2D eigenvalue weighted by Gasteiger charge is -2.30. The molecule has 2 aromatic carbocycles. The number of sulfonamides is 1. The van der Waals surface area contributed by atoms with Crippen molar-refractivity contribution in [1.82, 2.24) is 0 Å². The van der Waals surface area contributed by atoms with Crippen molar-refractivity contribution in [3.8, 4) is 11.5 Å². The second kappa shape index (κ2) is 8.40. The van der Waals surface area contributed by atoms with Gasteiger partial charge in [0.15, 0.2) is 17.5 Å². The molecule has 9 heteroatoms. The molecule has 0 aliphatic carbocycles. The molecular formula is C20H26N3O5S+. The number of primary sulfonamides is 1. The van der Waals surface area contributed by atoms with Crippen molar-refractivity contribution >= 4 is 21.6 Å². The molecule has 2 atom stereocenters. The molecule has 0 fully saturated rings. The van der Waals surface area contributed by atoms with Crippen LogP contribution in [0.3, 0.4) is 0 Å². The van der Waals surface area contributed by atoms with Gasteiger partial charge in [-0.25, -0.2) is 13.6 Å². The number of hydrogen-bond donors (Lipinski definition) is 3. The van der Waals surface area contributed by atoms with Crippen LogP contribution in [-0.4, -0.2) is 41.1 Å². The van der Waals surface area contributed by atoms with Crippen LogP contribution in [0.5, 0.6) is 11.5 Å². The van der Waals surface area contributed by atoms with Gasteiger partial charge in [0.25, 0.3) is 5.91 Å². The molecule has 2 aromatic rings. The van der Waals surface area contributed by atoms with Gasteiger partial charge in [0, 0.05) is 17.7 Å². The monoisotopic (exact) mass is 420 g/mol. The van der Waals surface area contributed by atoms with Crippen LogP contribution in [0.1, 0.15) is 18.1 Å². The summed E-state index contributed by atoms with van der Waals surface area (Å²) < 4.78 is 33.4. The lowest BCUT2D eigenvalue weighted by Crippen LogP contribution is -3.16. The summed E-state index contributed by atoms with van der Waals surface area (Å²) in [6, 6.07) is 9.50. The number of ether oxygens (including phenoxy) is 2. The zero-order valence-corrected chi connectivity index (χ0v) is 17.5. The van der Waals surface area contributed by atoms with E-state index in [4.69, 9.17) is 14.6 Å². The van der Waals surface area contributed by atoms with E-state index in [1.54, 1.807) is 14.2 Å². The van der Waals surface area contributed by atoms with Gasteiger partial charge < -0.3 is 19.7 Å². The molecule has 1 aliphatic rings. The summed E-state index contributed by atoms with van der Waals surface area (Å²) in [6.07, 6.45) is 0.839. The first-order chi connectivity index (χ1) is 13.7. The average Bonchev–Trinajstić information content (AvgIpc) is 2.71. The smallest absolute Gasteiger partial charge is 0.282 e. The van der Waals surface area contributed by atoms with Crippen LogP contribution in [-0.2, 0) is 27.8 Å². The first-order valence-corrected chi connectivity index (χ1v) is 10.8. The van der Waals surface area contributed by atoms with Crippen LogP contribution in [0.15, 0.2) is 41.3 Å². The van der Waals surface area contributed by atoms with E-state index in [2.05, 4.69) is 5.32 Å². The molecule has 1 heterocycles. The topological polar surface area (TPSA) is 112 Å². The van der Waals surface area contributed by atoms with Gasteiger partial charge in [-0.1, -0.05) is 0 Å². The number of amides is 1. The van der Waals surface area contributed by atoms with Crippen LogP contribution >= 0.6 is 0 Å². The second-order valence-electron chi connectivity index (χ2n) is 7.09. The highest BCUT2D eigenvalue weighted by molar-refractivity contribution is 7.89. The zero-order valence-electron chi connectivity index (χ0n) is 16.7. The maximum Gasteiger partial charge on any atom is 0.282 e. The summed E-state index contributed by atoms with van der Waals surface area (Å²) in [5, 5.41) is 7.94. The molecule has 29 heavy (non-hydrogen) atoms. The summed E-state index contributed by atoms with van der Waals surface area (Å²) in [4.78, 5) is 13.9. The fraction of sp³-hybridized carbons (Fsp3) is 0.350. The molecule has 3 rings (SSSR count). The van der Waals surface area contributed by atoms with Crippen LogP contribution in [0, 0.1) is 0 Å². The largest absolute Gasteiger partial charge is 0.493 e. The molecule has 0 saturated carbocycles. The Morgan fingerprint density at radius 3 is 2.24 bits per heavy atom. The number of quaternary nitrogens is 1. The van der Waals surface area contributed by atoms with Crippen LogP contribution in [0.25, 0.3) is 0 Å². The predicted molar refractivity (Wildman–Crippen MR) is 109 cm³/mol. The van der Waals surface area contributed by atoms with Crippen LogP contribution in [0.2, 0.25) is 0 Å². The van der Waals surface area contributed by atoms with Crippen molar-refractivity contribution in [2.45, 2.75) is 30.8 Å². The third-order valence-electron chi connectivity index (χ3n) is 5.29. The van der Waals surface area contributed by atoms with Gasteiger partial charge in [-0.3, -0.25) is 4.79 Å². The summed E-state index contributed by atoms with van der Waals surface area (Å²) >= 11 is 0. The van der Waals surface area contributed by atoms with Gasteiger partial charge >= 0.3 is 0 Å². The van der Waals surface area contributed by atoms with E-state index in [1.807, 2.05) is 19.1 Å². The van der Waals surface area contributed by atoms with Crippen molar-refractivity contribution < 1.29 is 27.6 Å². The van der Waals surface area contributed by atoms with Gasteiger partial charge in [-0.2, -0.15) is 0 Å². The predicted octanol–water partition coefficient (Wildman–Crippen LogP) is 0.319. The number of fused-ring (bicyclic) bond motifs is 1. The Bertz CT molecular complexity index is 1010. The zero-order chi connectivity index (χ0) is 21.2. The Labute approximate surface area is 170 Å². The Hall–Kier alpha value is -2.62. The number of carbonyl (C=O) groups excluding carboxylic acids is 1. The number of hydrogen-bond acceptors (Lipinski definition) is 5. The Balaban J connectivity index is 1.69. The Morgan fingerprint density at radius 2 is 1.69 bits per heavy atom. The van der Waals surface area contributed by atoms with Crippen molar-refractivity contribution in [3.05, 3.63) is 47.5 Å². The molecule has 0 aromatic heterocycles. The fourth-order valence-electron chi connectivity index (χ4n) is 3.52. The van der Waals surface area contributed by atoms with Crippen molar-refractivity contribution in [2.75, 3.05) is 26.1 Å². The van der Waals surface area contributed by atoms with E-state index in [0.29, 0.717) is 23.7 Å². The summed E-state index contributed by atoms with van der Waals surface area (Å²) in [5.74, 6) is 1.26. The number of nitrogens with one attached hydrogen (secondary N) is 2. The van der Waals surface area contributed by atoms with E-state index in [9.17, 15) is 13.2 Å². The molecule has 4 N–H and O–H groups in total. The number of nitrogens with two attached hydrogens (primary N) is 1. The molecule has 8 nitrogen and oxygen atoms in total. The van der Waals surface area contributed by atoms with Gasteiger partial charge in [-0.05, 0) is 48.9 Å². The van der Waals surface area contributed by atoms with Gasteiger partial charge in [-0.15, -0.1) is 0 Å². The molecule has 1 unspecified atom stereocenters. The van der Waals surface area contributed by atoms with Gasteiger partial charge in [0.05, 0.1) is 25.7 Å². The number of methoxy groups -OCH3 is 2. The normalized spacial score (nSPS) is 17.2. The van der Waals surface area contributed by atoms with E-state index >= 15 is 0 Å². The molecule has 1 aliphatic heterocycles. The lowest BCUT2D eigenvalue weighted by molar-refractivity contribution is -0.929. The minimum Gasteiger partial charge on any atom is -0.493 e. The summed E-state index contributed by atoms with van der Waals surface area (Å²) in [6.45, 7) is 3.41. The molecule has 156 valence electrons. The number of anilines is 1. The number of benzene rings is 2. The third kappa shape index (κ3) is 4.69. The molecule has 0 radical (unpaired) electrons. The first kappa shape index (κ1) is 21.1. The lowest BCUT2D eigenvalue weighted by atomic mass is 9.97. The van der Waals surface area contributed by atoms with Crippen LogP contribution < -0.4 is 24.8 Å². The third-order valence-corrected chi connectivity index (χ3v) is 6.22. The maximum absolute atomic E-state index is 12.7. The molecule has 0 spiro atoms. The Kier molecular flexibility index (Phi) is 6.11. The number of rotatable bonds is 6. The quantitative estimate of drug-likeness (QED) is 0.623. The van der Waals surface area contributed by atoms with Crippen molar-refractivity contribution in [3.63, 3.8) is 0 Å². The standard InChI is InChI=1S/C20H25N3O5S/c1-13(20(24)22-16-4-6-17(7-5-16)29(21,25)26)23-9-8-14-10-18(27-2)19(28-3)11-15(14)12-23/h4-7,10-11,13H,8-9,12H2,1-3H3,(H,22,24)(H2,21,25,26)/p+1/t13-/m1/s1. The maximum atomic E-state index is 12.7. The fourth-order valence-corrected chi connectivity index (χ4v) is 4.04. The SMILES string of the molecule is COc1cc2c(cc1OC)C[NH+]([C@H](C)C(=O)Nc1ccc(S(N)(=O)=O)cc1)CC2. The number of carbonyl (C=O) groups is 1.